The monoisotopic (exact) mass is 226 g/mol. The van der Waals surface area contributed by atoms with Gasteiger partial charge in [-0.1, -0.05) is 12.2 Å². The molecule has 0 aliphatic heterocycles. The number of rotatable bonds is 4. The van der Waals surface area contributed by atoms with Gasteiger partial charge in [0.1, 0.15) is 5.69 Å². The molecular formula is C9H14N4OS. The third-order valence-corrected chi connectivity index (χ3v) is 2.00. The molecule has 0 atom stereocenters. The maximum absolute atomic E-state index is 11.7. The van der Waals surface area contributed by atoms with E-state index in [1.807, 2.05) is 13.8 Å². The van der Waals surface area contributed by atoms with Crippen LogP contribution in [0.3, 0.4) is 0 Å². The topological polar surface area (TPSA) is 72.9 Å². The highest BCUT2D eigenvalue weighted by molar-refractivity contribution is 7.80. The average molecular weight is 226 g/mol. The third kappa shape index (κ3) is 3.02. The van der Waals surface area contributed by atoms with Crippen LogP contribution in [0.15, 0.2) is 6.07 Å². The molecule has 0 aliphatic rings. The van der Waals surface area contributed by atoms with Crippen LogP contribution in [0.1, 0.15) is 23.1 Å². The van der Waals surface area contributed by atoms with Gasteiger partial charge in [0.15, 0.2) is 0 Å². The van der Waals surface area contributed by atoms with E-state index in [0.717, 1.165) is 5.69 Å². The van der Waals surface area contributed by atoms with Gasteiger partial charge in [0, 0.05) is 6.54 Å². The van der Waals surface area contributed by atoms with Gasteiger partial charge in [-0.2, -0.15) is 5.10 Å². The van der Waals surface area contributed by atoms with Crippen molar-refractivity contribution >= 4 is 23.1 Å². The van der Waals surface area contributed by atoms with Gasteiger partial charge in [0.2, 0.25) is 0 Å². The van der Waals surface area contributed by atoms with E-state index in [-0.39, 0.29) is 17.4 Å². The van der Waals surface area contributed by atoms with E-state index in [4.69, 9.17) is 5.73 Å². The maximum atomic E-state index is 11.7. The Bertz CT molecular complexity index is 385. The SMILES string of the molecule is CCn1nc(C)cc1C(=O)NCC(N)=S. The predicted molar refractivity (Wildman–Crippen MR) is 61.8 cm³/mol. The summed E-state index contributed by atoms with van der Waals surface area (Å²) in [7, 11) is 0. The number of carbonyl (C=O) groups is 1. The summed E-state index contributed by atoms with van der Waals surface area (Å²) in [6, 6.07) is 1.73. The quantitative estimate of drug-likeness (QED) is 0.721. The summed E-state index contributed by atoms with van der Waals surface area (Å²) in [5, 5.41) is 6.79. The van der Waals surface area contributed by atoms with Gasteiger partial charge in [-0.25, -0.2) is 0 Å². The van der Waals surface area contributed by atoms with Crippen molar-refractivity contribution in [2.45, 2.75) is 20.4 Å². The normalized spacial score (nSPS) is 10.0. The first kappa shape index (κ1) is 11.6. The second-order valence-corrected chi connectivity index (χ2v) is 3.66. The largest absolute Gasteiger partial charge is 0.392 e. The Morgan fingerprint density at radius 2 is 2.40 bits per heavy atom. The molecule has 0 fully saturated rings. The Balaban J connectivity index is 2.76. The molecule has 0 saturated heterocycles. The lowest BCUT2D eigenvalue weighted by Crippen LogP contribution is -2.33. The maximum Gasteiger partial charge on any atom is 0.269 e. The third-order valence-electron chi connectivity index (χ3n) is 1.86. The highest BCUT2D eigenvalue weighted by Crippen LogP contribution is 2.03. The summed E-state index contributed by atoms with van der Waals surface area (Å²) in [6.45, 7) is 4.64. The van der Waals surface area contributed by atoms with E-state index in [1.54, 1.807) is 10.7 Å². The molecule has 6 heteroatoms. The van der Waals surface area contributed by atoms with Crippen molar-refractivity contribution in [3.63, 3.8) is 0 Å². The van der Waals surface area contributed by atoms with Gasteiger partial charge >= 0.3 is 0 Å². The number of thiocarbonyl (C=S) groups is 1. The van der Waals surface area contributed by atoms with Crippen molar-refractivity contribution in [2.75, 3.05) is 6.54 Å². The minimum atomic E-state index is -0.203. The lowest BCUT2D eigenvalue weighted by Gasteiger charge is -2.05. The molecule has 0 bridgehead atoms. The summed E-state index contributed by atoms with van der Waals surface area (Å²) < 4.78 is 1.64. The Morgan fingerprint density at radius 1 is 1.73 bits per heavy atom. The average Bonchev–Trinajstić information content (AvgIpc) is 2.56. The minimum Gasteiger partial charge on any atom is -0.392 e. The first-order valence-electron chi connectivity index (χ1n) is 4.65. The molecule has 1 rings (SSSR count). The lowest BCUT2D eigenvalue weighted by atomic mass is 10.3. The fourth-order valence-electron chi connectivity index (χ4n) is 1.23. The second-order valence-electron chi connectivity index (χ2n) is 3.14. The lowest BCUT2D eigenvalue weighted by molar-refractivity contribution is 0.0949. The molecule has 1 aromatic rings. The van der Waals surface area contributed by atoms with Crippen molar-refractivity contribution in [1.82, 2.24) is 15.1 Å². The van der Waals surface area contributed by atoms with Crippen LogP contribution in [0.4, 0.5) is 0 Å². The molecule has 15 heavy (non-hydrogen) atoms. The van der Waals surface area contributed by atoms with Crippen molar-refractivity contribution in [3.05, 3.63) is 17.5 Å². The molecule has 1 amide bonds. The molecule has 82 valence electrons. The summed E-state index contributed by atoms with van der Waals surface area (Å²) in [5.41, 5.74) is 6.64. The zero-order valence-corrected chi connectivity index (χ0v) is 9.60. The van der Waals surface area contributed by atoms with E-state index in [1.165, 1.54) is 0 Å². The van der Waals surface area contributed by atoms with Crippen LogP contribution in [0.2, 0.25) is 0 Å². The molecule has 0 aromatic carbocycles. The molecule has 1 aromatic heterocycles. The summed E-state index contributed by atoms with van der Waals surface area (Å²) >= 11 is 4.67. The van der Waals surface area contributed by atoms with E-state index in [9.17, 15) is 4.79 Å². The number of aromatic nitrogens is 2. The number of hydrogen-bond acceptors (Lipinski definition) is 3. The van der Waals surface area contributed by atoms with Crippen LogP contribution in [-0.4, -0.2) is 27.2 Å². The first-order chi connectivity index (χ1) is 7.04. The van der Waals surface area contributed by atoms with Gasteiger partial charge in [-0.15, -0.1) is 0 Å². The van der Waals surface area contributed by atoms with Crippen molar-refractivity contribution < 1.29 is 4.79 Å². The molecule has 0 aliphatic carbocycles. The van der Waals surface area contributed by atoms with Crippen LogP contribution in [-0.2, 0) is 6.54 Å². The number of amides is 1. The molecule has 0 saturated carbocycles. The van der Waals surface area contributed by atoms with Crippen molar-refractivity contribution in [1.29, 1.82) is 0 Å². The number of nitrogens with one attached hydrogen (secondary N) is 1. The van der Waals surface area contributed by atoms with Crippen molar-refractivity contribution in [3.8, 4) is 0 Å². The highest BCUT2D eigenvalue weighted by Gasteiger charge is 2.12. The van der Waals surface area contributed by atoms with E-state index < -0.39 is 0 Å². The van der Waals surface area contributed by atoms with Crippen LogP contribution in [0.5, 0.6) is 0 Å². The number of nitrogens with zero attached hydrogens (tertiary/aromatic N) is 2. The van der Waals surface area contributed by atoms with Crippen LogP contribution in [0, 0.1) is 6.92 Å². The first-order valence-corrected chi connectivity index (χ1v) is 5.06. The number of carbonyl (C=O) groups excluding carboxylic acids is 1. The number of aryl methyl sites for hydroxylation is 2. The highest BCUT2D eigenvalue weighted by atomic mass is 32.1. The zero-order valence-electron chi connectivity index (χ0n) is 8.78. The van der Waals surface area contributed by atoms with Gasteiger partial charge in [0.05, 0.1) is 17.2 Å². The van der Waals surface area contributed by atoms with Gasteiger partial charge in [0.25, 0.3) is 5.91 Å². The van der Waals surface area contributed by atoms with Crippen LogP contribution < -0.4 is 11.1 Å². The van der Waals surface area contributed by atoms with Crippen LogP contribution in [0.25, 0.3) is 0 Å². The Kier molecular flexibility index (Phi) is 3.79. The minimum absolute atomic E-state index is 0.203. The molecule has 3 N–H and O–H groups in total. The molecule has 0 spiro atoms. The standard InChI is InChI=1S/C9H14N4OS/c1-3-13-7(4-6(2)12-13)9(14)11-5-8(10)15/h4H,3,5H2,1-2H3,(H2,10,15)(H,11,14). The molecule has 0 unspecified atom stereocenters. The smallest absolute Gasteiger partial charge is 0.269 e. The Labute approximate surface area is 93.6 Å². The van der Waals surface area contributed by atoms with Crippen LogP contribution >= 0.6 is 12.2 Å². The van der Waals surface area contributed by atoms with Gasteiger partial charge < -0.3 is 11.1 Å². The molecular weight excluding hydrogens is 212 g/mol. The van der Waals surface area contributed by atoms with E-state index in [2.05, 4.69) is 22.6 Å². The van der Waals surface area contributed by atoms with E-state index >= 15 is 0 Å². The van der Waals surface area contributed by atoms with Crippen molar-refractivity contribution in [2.24, 2.45) is 5.73 Å². The Morgan fingerprint density at radius 3 is 2.93 bits per heavy atom. The summed E-state index contributed by atoms with van der Waals surface area (Å²) in [4.78, 5) is 11.9. The second kappa shape index (κ2) is 4.88. The molecule has 0 radical (unpaired) electrons. The van der Waals surface area contributed by atoms with E-state index in [0.29, 0.717) is 12.2 Å². The molecule has 1 heterocycles. The fraction of sp³-hybridized carbons (Fsp3) is 0.444. The summed E-state index contributed by atoms with van der Waals surface area (Å²) in [6.07, 6.45) is 0. The number of nitrogens with two attached hydrogens (primary N) is 1. The Hall–Kier alpha value is -1.43. The number of hydrogen-bond donors (Lipinski definition) is 2. The van der Waals surface area contributed by atoms with Gasteiger partial charge in [-0.3, -0.25) is 9.48 Å². The molecule has 5 nitrogen and oxygen atoms in total. The summed E-state index contributed by atoms with van der Waals surface area (Å²) in [5.74, 6) is -0.203. The predicted octanol–water partition coefficient (Wildman–Crippen LogP) is 0.227. The zero-order chi connectivity index (χ0) is 11.4. The van der Waals surface area contributed by atoms with Gasteiger partial charge in [-0.05, 0) is 19.9 Å². The fourth-order valence-corrected chi connectivity index (χ4v) is 1.30.